The lowest BCUT2D eigenvalue weighted by Gasteiger charge is -2.32. The lowest BCUT2D eigenvalue weighted by atomic mass is 9.92. The van der Waals surface area contributed by atoms with E-state index in [2.05, 4.69) is 68.8 Å². The van der Waals surface area contributed by atoms with Crippen LogP contribution in [0.3, 0.4) is 0 Å². The summed E-state index contributed by atoms with van der Waals surface area (Å²) in [6.45, 7) is 28.2. The lowest BCUT2D eigenvalue weighted by molar-refractivity contribution is -0.142. The highest BCUT2D eigenvalue weighted by atomic mass is 32.2. The number of hydrogen-bond donors (Lipinski definition) is 0. The second-order valence-corrected chi connectivity index (χ2v) is 41.6. The fourth-order valence-electron chi connectivity index (χ4n) is 18.0. The fraction of sp³-hybridized carbons (Fsp3) is 0.515. The van der Waals surface area contributed by atoms with E-state index in [1.165, 1.54) is 90.1 Å². The summed E-state index contributed by atoms with van der Waals surface area (Å²) in [5.74, 6) is -1.83. The van der Waals surface area contributed by atoms with Gasteiger partial charge in [-0.25, -0.2) is 18.0 Å². The molecule has 17 rings (SSSR count). The van der Waals surface area contributed by atoms with Crippen LogP contribution in [0.15, 0.2) is 156 Å². The minimum absolute atomic E-state index is 0. The van der Waals surface area contributed by atoms with Crippen LogP contribution >= 0.6 is 23.5 Å². The van der Waals surface area contributed by atoms with Crippen LogP contribution in [0.2, 0.25) is 0 Å². The zero-order valence-electron chi connectivity index (χ0n) is 79.6. The molecule has 32 nitrogen and oxygen atoms in total. The number of amides is 8. The highest BCUT2D eigenvalue weighted by molar-refractivity contribution is 7.99. The van der Waals surface area contributed by atoms with Gasteiger partial charge < -0.3 is 47.1 Å². The zero-order chi connectivity index (χ0) is 101. The Bertz CT molecular complexity index is 6070. The number of thioether (sulfide) groups is 2. The third-order valence-corrected chi connectivity index (χ3v) is 30.7. The van der Waals surface area contributed by atoms with Crippen LogP contribution in [0.1, 0.15) is 156 Å². The predicted octanol–water partition coefficient (Wildman–Crippen LogP) is 18.4. The number of benzene rings is 6. The molecular formula is C99H121F9N16O16S3. The topological polar surface area (TPSA) is 332 Å². The summed E-state index contributed by atoms with van der Waals surface area (Å²) < 4.78 is 200. The van der Waals surface area contributed by atoms with Gasteiger partial charge >= 0.3 is 30.6 Å². The van der Waals surface area contributed by atoms with E-state index in [0.717, 1.165) is 139 Å². The normalized spacial score (nSPS) is 19.0. The second-order valence-electron chi connectivity index (χ2n) is 37.5. The smallest absolute Gasteiger partial charge is 0.420 e. The summed E-state index contributed by atoms with van der Waals surface area (Å²) in [6, 6.07) is 29.4. The molecule has 143 heavy (non-hydrogen) atoms. The van der Waals surface area contributed by atoms with Crippen molar-refractivity contribution in [1.82, 2.24) is 79.4 Å². The van der Waals surface area contributed by atoms with E-state index in [0.29, 0.717) is 76.2 Å². The number of aromatic nitrogens is 6. The molecule has 0 radical (unpaired) electrons. The van der Waals surface area contributed by atoms with Gasteiger partial charge in [-0.2, -0.15) is 54.5 Å². The number of morpholine rings is 2. The van der Waals surface area contributed by atoms with Gasteiger partial charge in [-0.3, -0.25) is 58.4 Å². The molecule has 8 saturated heterocycles. The molecule has 8 amide bonds. The molecule has 6 aromatic carbocycles. The molecule has 11 heterocycles. The molecule has 44 heteroatoms. The number of rotatable bonds is 33. The Morgan fingerprint density at radius 3 is 1.08 bits per heavy atom. The molecule has 8 aliphatic heterocycles. The summed E-state index contributed by atoms with van der Waals surface area (Å²) >= 11 is 3.12. The molecule has 8 aliphatic rings. The maximum absolute atomic E-state index is 14.4. The lowest BCUT2D eigenvalue weighted by Crippen LogP contribution is -2.48. The number of nitrogens with zero attached hydrogens (tertiary/aromatic N) is 16. The first-order valence-electron chi connectivity index (χ1n) is 46.8. The first-order valence-corrected chi connectivity index (χ1v) is 50.5. The van der Waals surface area contributed by atoms with Crippen molar-refractivity contribution >= 4 is 69.1 Å². The van der Waals surface area contributed by atoms with E-state index in [1.807, 2.05) is 31.2 Å². The van der Waals surface area contributed by atoms with Gasteiger partial charge in [-0.1, -0.05) is 80.6 Å². The van der Waals surface area contributed by atoms with Gasteiger partial charge in [0.15, 0.2) is 9.84 Å². The van der Waals surface area contributed by atoms with Crippen LogP contribution < -0.4 is 14.2 Å². The predicted molar refractivity (Wildman–Crippen MR) is 513 cm³/mol. The van der Waals surface area contributed by atoms with Crippen molar-refractivity contribution in [2.45, 2.75) is 204 Å². The number of alkyl halides is 9. The number of likely N-dealkylation sites (tertiary alicyclic amines) is 4. The largest absolute Gasteiger partial charge is 0.456 e. The number of carbonyl (C=O) groups is 6. The Kier molecular flexibility index (Phi) is 35.2. The third-order valence-electron chi connectivity index (χ3n) is 26.2. The molecule has 0 spiro atoms. The highest BCUT2D eigenvalue weighted by Crippen LogP contribution is 2.48. The van der Waals surface area contributed by atoms with Gasteiger partial charge in [0.1, 0.15) is 70.1 Å². The molecule has 3 atom stereocenters. The molecule has 0 bridgehead atoms. The average molecular weight is 2060 g/mol. The van der Waals surface area contributed by atoms with Crippen LogP contribution in [0.4, 0.5) is 49.1 Å². The van der Waals surface area contributed by atoms with Crippen molar-refractivity contribution in [3.05, 3.63) is 162 Å². The monoisotopic (exact) mass is 2060 g/mol. The molecular weight excluding hydrogens is 1940 g/mol. The quantitative estimate of drug-likeness (QED) is 0.0160. The summed E-state index contributed by atoms with van der Waals surface area (Å²) in [5.41, 5.74) is -6.20. The molecule has 0 aliphatic carbocycles. The van der Waals surface area contributed by atoms with E-state index < -0.39 is 91.2 Å². The van der Waals surface area contributed by atoms with Crippen LogP contribution in [0.25, 0.3) is 34.2 Å². The standard InChI is InChI=1S/C34H41F3N6O7S.C34H41F3N6O5S.C29H31F3N4O4S.2CH4/c1-23(41-12-6-7-13-41)22-51(46,47)28-9-5-4-8-27(28)49-26-11-10-24(20-25(26)34(35,36)37)30-38-29(50-39-30)21-42-31(44)33(2,3)43(32(42)45)15-14-40-16-18-48-19-17-40;1-23(41-12-6-7-13-41)22-49-28-9-5-4-8-27(28)47-26-11-10-24(20-25(26)34(35,36)37)30-38-29(48-39-30)21-42-31(44)33(2,3)43(32(42)45)15-14-40-16-18-46-19-17-40;1-18(35-12-6-7-13-35)17-41-23-9-5-4-8-22(23)39-21-11-10-19(14-20(21)29(30,31)32)26-33-24(40-34-26)16-36-25(37)15-28(2,3)27(36)38;;/h4-5,8-11,20,23H,6-7,12-19,21-22H2,1-3H3;4-5,8-11,20,23H,6-7,12-19,21-22H2,1-3H3;4-5,8-11,14,18H,6-7,12-13,15-17H2,1-3H3;2*1H4. The maximum atomic E-state index is 14.4. The number of hydrogen-bond acceptors (Lipinski definition) is 29. The molecule has 8 fully saturated rings. The van der Waals surface area contributed by atoms with Crippen molar-refractivity contribution < 1.29 is 114 Å². The van der Waals surface area contributed by atoms with E-state index >= 15 is 0 Å². The number of carbonyl (C=O) groups excluding carboxylic acids is 6. The number of imide groups is 3. The van der Waals surface area contributed by atoms with Gasteiger partial charge in [0.2, 0.25) is 47.0 Å². The number of sulfone groups is 1. The van der Waals surface area contributed by atoms with E-state index in [1.54, 1.807) is 89.3 Å². The van der Waals surface area contributed by atoms with Gasteiger partial charge in [0, 0.05) is 105 Å². The van der Waals surface area contributed by atoms with E-state index in [-0.39, 0.29) is 138 Å². The Balaban J connectivity index is 0.000000180. The summed E-state index contributed by atoms with van der Waals surface area (Å²) in [7, 11) is -3.92. The zero-order valence-corrected chi connectivity index (χ0v) is 82.0. The number of ether oxygens (including phenoxy) is 5. The Morgan fingerprint density at radius 2 is 0.734 bits per heavy atom. The summed E-state index contributed by atoms with van der Waals surface area (Å²) in [4.78, 5) is 109. The second kappa shape index (κ2) is 46.1. The van der Waals surface area contributed by atoms with Crippen LogP contribution in [0, 0.1) is 5.41 Å². The number of halogens is 9. The van der Waals surface area contributed by atoms with Crippen molar-refractivity contribution in [3.63, 3.8) is 0 Å². The molecule has 9 aromatic rings. The van der Waals surface area contributed by atoms with Gasteiger partial charge in [-0.15, -0.1) is 23.5 Å². The fourth-order valence-corrected chi connectivity index (χ4v) is 21.8. The summed E-state index contributed by atoms with van der Waals surface area (Å²) in [6.07, 6.45) is -7.60. The first-order chi connectivity index (χ1) is 67.0. The van der Waals surface area contributed by atoms with Crippen molar-refractivity contribution in [2.75, 3.05) is 135 Å². The van der Waals surface area contributed by atoms with E-state index in [9.17, 15) is 76.7 Å². The van der Waals surface area contributed by atoms with Gasteiger partial charge in [0.25, 0.3) is 11.8 Å². The van der Waals surface area contributed by atoms with Crippen molar-refractivity contribution in [3.8, 4) is 68.7 Å². The highest BCUT2D eigenvalue weighted by Gasteiger charge is 2.54. The average Bonchev–Trinajstić information content (AvgIpc) is 1.61. The Hall–Kier alpha value is -11.1. The number of para-hydroxylation sites is 3. The van der Waals surface area contributed by atoms with Crippen molar-refractivity contribution in [1.29, 1.82) is 0 Å². The van der Waals surface area contributed by atoms with Crippen LogP contribution in [0.5, 0.6) is 34.5 Å². The molecule has 0 N–H and O–H groups in total. The third kappa shape index (κ3) is 26.1. The Labute approximate surface area is 833 Å². The minimum Gasteiger partial charge on any atom is -0.456 e. The van der Waals surface area contributed by atoms with Gasteiger partial charge in [-0.05, 0) is 217 Å². The minimum atomic E-state index is -4.90. The number of urea groups is 2. The maximum Gasteiger partial charge on any atom is 0.420 e. The molecule has 3 aromatic heterocycles. The molecule has 774 valence electrons. The molecule has 3 unspecified atom stereocenters. The van der Waals surface area contributed by atoms with Crippen LogP contribution in [-0.2, 0) is 76.7 Å². The first kappa shape index (κ1) is 109. The summed E-state index contributed by atoms with van der Waals surface area (Å²) in [5, 5.41) is 11.5. The van der Waals surface area contributed by atoms with Gasteiger partial charge in [0.05, 0.1) is 64.1 Å². The SMILES string of the molecule is C.C.CC(CS(=O)(=O)c1ccccc1Oc1ccc(-c2noc(CN3C(=O)N(CCN4CCOCC4)C(C)(C)C3=O)n2)cc1C(F)(F)F)N1CCCC1.CC(CSc1ccccc1Oc1ccc(-c2noc(CN3C(=O)CC(C)(C)C3=O)n2)cc1C(F)(F)F)N1CCCC1.CC(CSc1ccccc1Oc1ccc(-c2noc(CN3C(=O)N(CCN4CCOCC4)C(C)(C)C3=O)n2)cc1C(F)(F)F)N1CCCC1. The van der Waals surface area contributed by atoms with E-state index in [4.69, 9.17) is 37.3 Å². The van der Waals surface area contributed by atoms with Crippen molar-refractivity contribution in [2.24, 2.45) is 5.41 Å². The van der Waals surface area contributed by atoms with Crippen LogP contribution in [-0.4, -0.2) is 288 Å². The Morgan fingerprint density at radius 1 is 0.406 bits per heavy atom. The molecule has 0 saturated carbocycles.